The predicted molar refractivity (Wildman–Crippen MR) is 293 cm³/mol. The summed E-state index contributed by atoms with van der Waals surface area (Å²) in [5.41, 5.74) is 3.95. The molecule has 18 nitrogen and oxygen atoms in total. The number of pyridine rings is 2. The maximum absolute atomic E-state index is 13.4. The number of anilines is 2. The molecule has 2 aliphatic carbocycles. The molecule has 0 saturated heterocycles. The number of benzene rings is 4. The number of fused-ring (bicyclic) bond motifs is 2. The van der Waals surface area contributed by atoms with Gasteiger partial charge in [-0.3, -0.25) is 47.7 Å². The van der Waals surface area contributed by atoms with Crippen molar-refractivity contribution in [3.63, 3.8) is 0 Å². The molecule has 8 aromatic rings. The van der Waals surface area contributed by atoms with Crippen LogP contribution in [0.2, 0.25) is 10.0 Å². The first-order valence-electron chi connectivity index (χ1n) is 24.5. The Morgan fingerprint density at radius 2 is 0.962 bits per heavy atom. The summed E-state index contributed by atoms with van der Waals surface area (Å²) in [6.07, 6.45) is 9.94. The van der Waals surface area contributed by atoms with E-state index in [0.29, 0.717) is 55.4 Å². The fourth-order valence-electron chi connectivity index (χ4n) is 8.21. The fraction of sp³-hybridized carbons (Fsp3) is 0.259. The molecule has 2 aliphatic rings. The van der Waals surface area contributed by atoms with E-state index in [9.17, 15) is 44.8 Å². The first-order valence-corrected chi connectivity index (χ1v) is 28.2. The SMILES string of the molecule is Cc1ncc(-c2ccc3ncn(C[C@@H](C)C(=O)NC4CC4)c(=O)c3c2)cc1NS(=O)(=O)c1ccc(F)cc1Cl.Cc1ncc(-c2ccc3ncn(C[C@H](C)C(=O)NC4CC4)c(=O)c3c2)cc1NS(=O)(=O)c1ccc(F)cc1Cl. The van der Waals surface area contributed by atoms with E-state index in [-0.39, 0.29) is 79.3 Å². The van der Waals surface area contributed by atoms with Crippen LogP contribution in [0.5, 0.6) is 0 Å². The predicted octanol–water partition coefficient (Wildman–Crippen LogP) is 8.55. The van der Waals surface area contributed by atoms with E-state index in [4.69, 9.17) is 23.2 Å². The number of amides is 2. The highest BCUT2D eigenvalue weighted by Gasteiger charge is 2.28. The first-order chi connectivity index (χ1) is 37.0. The summed E-state index contributed by atoms with van der Waals surface area (Å²) in [6, 6.07) is 19.9. The van der Waals surface area contributed by atoms with Crippen molar-refractivity contribution in [2.75, 3.05) is 9.44 Å². The van der Waals surface area contributed by atoms with Gasteiger partial charge < -0.3 is 10.6 Å². The molecule has 0 unspecified atom stereocenters. The lowest BCUT2D eigenvalue weighted by atomic mass is 10.0. The summed E-state index contributed by atoms with van der Waals surface area (Å²) in [4.78, 5) is 68.1. The van der Waals surface area contributed by atoms with Crippen molar-refractivity contribution >= 4 is 88.2 Å². The molecule has 4 heterocycles. The standard InChI is InChI=1S/2C27H25ClFN5O4S/c2*1-15(26(35)32-20-5-6-20)13-34-14-31-23-7-3-17(9-21(23)27(34)36)18-10-24(16(2)30-12-18)33-39(37,38)25-8-4-19(29)11-22(25)28/h2*3-4,7-12,14-15,20,33H,5-6,13H2,1-2H3,(H,32,35)/t2*15-/m10/s1. The van der Waals surface area contributed by atoms with E-state index in [1.165, 1.54) is 21.8 Å². The number of hydrogen-bond acceptors (Lipinski definition) is 12. The van der Waals surface area contributed by atoms with Gasteiger partial charge in [0.25, 0.3) is 31.2 Å². The van der Waals surface area contributed by atoms with Crippen molar-refractivity contribution in [1.82, 2.24) is 39.7 Å². The zero-order valence-electron chi connectivity index (χ0n) is 42.2. The van der Waals surface area contributed by atoms with Gasteiger partial charge >= 0.3 is 0 Å². The Balaban J connectivity index is 0.000000190. The van der Waals surface area contributed by atoms with Crippen LogP contribution in [0.1, 0.15) is 50.9 Å². The topological polar surface area (TPSA) is 246 Å². The van der Waals surface area contributed by atoms with E-state index < -0.39 is 43.5 Å². The summed E-state index contributed by atoms with van der Waals surface area (Å²) in [5.74, 6) is -2.31. The molecule has 2 atom stereocenters. The molecule has 2 amide bonds. The van der Waals surface area contributed by atoms with Crippen molar-refractivity contribution in [2.24, 2.45) is 11.8 Å². The van der Waals surface area contributed by atoms with E-state index in [1.54, 1.807) is 88.6 Å². The second-order valence-corrected chi connectivity index (χ2v) is 23.4. The number of aromatic nitrogens is 6. The Labute approximate surface area is 456 Å². The zero-order valence-corrected chi connectivity index (χ0v) is 45.4. The van der Waals surface area contributed by atoms with Crippen molar-refractivity contribution in [1.29, 1.82) is 0 Å². The number of rotatable bonds is 16. The van der Waals surface area contributed by atoms with Gasteiger partial charge in [0, 0.05) is 48.7 Å². The molecule has 4 N–H and O–H groups in total. The van der Waals surface area contributed by atoms with Gasteiger partial charge in [-0.2, -0.15) is 0 Å². The Hall–Kier alpha value is -7.66. The second-order valence-electron chi connectivity index (χ2n) is 19.3. The van der Waals surface area contributed by atoms with Crippen molar-refractivity contribution < 1.29 is 35.2 Å². The van der Waals surface area contributed by atoms with Gasteiger partial charge in [-0.25, -0.2) is 35.6 Å². The van der Waals surface area contributed by atoms with Gasteiger partial charge in [0.15, 0.2) is 0 Å². The minimum Gasteiger partial charge on any atom is -0.353 e. The van der Waals surface area contributed by atoms with Gasteiger partial charge in [-0.15, -0.1) is 0 Å². The lowest BCUT2D eigenvalue weighted by Gasteiger charge is -2.14. The summed E-state index contributed by atoms with van der Waals surface area (Å²) in [5, 5.41) is 6.11. The van der Waals surface area contributed by atoms with Crippen LogP contribution in [-0.2, 0) is 42.7 Å². The van der Waals surface area contributed by atoms with Gasteiger partial charge in [-0.1, -0.05) is 49.2 Å². The van der Waals surface area contributed by atoms with Gasteiger partial charge in [-0.05, 0) is 123 Å². The van der Waals surface area contributed by atoms with Crippen LogP contribution in [0.25, 0.3) is 44.1 Å². The average molecular weight is 1140 g/mol. The Kier molecular flexibility index (Phi) is 15.8. The first kappa shape index (κ1) is 55.1. The van der Waals surface area contributed by atoms with Crippen LogP contribution >= 0.6 is 23.2 Å². The quantitative estimate of drug-likeness (QED) is 0.0711. The average Bonchev–Trinajstić information content (AvgIpc) is 4.35. The highest BCUT2D eigenvalue weighted by molar-refractivity contribution is 7.93. The van der Waals surface area contributed by atoms with E-state index >= 15 is 0 Å². The van der Waals surface area contributed by atoms with Gasteiger partial charge in [0.2, 0.25) is 11.8 Å². The fourth-order valence-corrected chi connectivity index (χ4v) is 11.5. The molecule has 0 bridgehead atoms. The number of carbonyl (C=O) groups excluding carboxylic acids is 2. The molecule has 24 heteroatoms. The lowest BCUT2D eigenvalue weighted by molar-refractivity contribution is -0.125. The van der Waals surface area contributed by atoms with Crippen LogP contribution in [0.4, 0.5) is 20.2 Å². The van der Waals surface area contributed by atoms with Crippen molar-refractivity contribution in [3.05, 3.63) is 164 Å². The molecule has 4 aromatic carbocycles. The van der Waals surface area contributed by atoms with E-state index in [0.717, 1.165) is 62.1 Å². The van der Waals surface area contributed by atoms with Crippen molar-refractivity contribution in [3.8, 4) is 22.3 Å². The van der Waals surface area contributed by atoms with Crippen LogP contribution < -0.4 is 31.2 Å². The highest BCUT2D eigenvalue weighted by Crippen LogP contribution is 2.32. The summed E-state index contributed by atoms with van der Waals surface area (Å²) < 4.78 is 86.5. The molecular weight excluding hydrogens is 1090 g/mol. The van der Waals surface area contributed by atoms with Crippen LogP contribution in [0.3, 0.4) is 0 Å². The maximum atomic E-state index is 13.4. The molecule has 0 aliphatic heterocycles. The molecule has 2 saturated carbocycles. The van der Waals surface area contributed by atoms with Crippen LogP contribution in [0.15, 0.2) is 129 Å². The Morgan fingerprint density at radius 3 is 1.32 bits per heavy atom. The molecule has 4 aromatic heterocycles. The largest absolute Gasteiger partial charge is 0.353 e. The number of sulfonamides is 2. The highest BCUT2D eigenvalue weighted by atomic mass is 35.5. The third-order valence-corrected chi connectivity index (χ3v) is 16.7. The lowest BCUT2D eigenvalue weighted by Crippen LogP contribution is -2.35. The molecule has 10 rings (SSSR count). The number of hydrogen-bond donors (Lipinski definition) is 4. The minimum atomic E-state index is -4.14. The van der Waals surface area contributed by atoms with Crippen molar-refractivity contribution in [2.45, 2.75) is 88.3 Å². The van der Waals surface area contributed by atoms with Gasteiger partial charge in [0.1, 0.15) is 21.4 Å². The molecule has 404 valence electrons. The monoisotopic (exact) mass is 1140 g/mol. The molecule has 78 heavy (non-hydrogen) atoms. The molecule has 0 radical (unpaired) electrons. The number of nitrogens with zero attached hydrogens (tertiary/aromatic N) is 6. The molecule has 0 spiro atoms. The third kappa shape index (κ3) is 12.7. The van der Waals surface area contributed by atoms with E-state index in [2.05, 4.69) is 40.0 Å². The number of nitrogens with one attached hydrogen (secondary N) is 4. The molecular formula is C54H50Cl2F2N10O8S2. The summed E-state index contributed by atoms with van der Waals surface area (Å²) in [7, 11) is -8.27. The Bertz CT molecular complexity index is 3800. The minimum absolute atomic E-state index is 0.0964. The van der Waals surface area contributed by atoms with Gasteiger partial charge in [0.05, 0.1) is 79.1 Å². The second kappa shape index (κ2) is 22.4. The normalized spacial score (nSPS) is 14.3. The number of carbonyl (C=O) groups is 2. The summed E-state index contributed by atoms with van der Waals surface area (Å²) >= 11 is 11.9. The van der Waals surface area contributed by atoms with Crippen LogP contribution in [0, 0.1) is 37.3 Å². The number of halogens is 4. The third-order valence-electron chi connectivity index (χ3n) is 13.0. The van der Waals surface area contributed by atoms with E-state index in [1.807, 2.05) is 0 Å². The smallest absolute Gasteiger partial charge is 0.263 e. The maximum Gasteiger partial charge on any atom is 0.263 e. The Morgan fingerprint density at radius 1 is 0.577 bits per heavy atom. The summed E-state index contributed by atoms with van der Waals surface area (Å²) in [6.45, 7) is 7.19. The zero-order chi connectivity index (χ0) is 55.8. The number of aryl methyl sites for hydroxylation is 2. The van der Waals surface area contributed by atoms with Crippen LogP contribution in [-0.4, -0.2) is 69.8 Å². The molecule has 2 fully saturated rings.